The molecule has 4 aromatic carbocycles. The summed E-state index contributed by atoms with van der Waals surface area (Å²) in [6.45, 7) is 38.9. The van der Waals surface area contributed by atoms with Crippen LogP contribution in [-0.2, 0) is 0 Å². The first-order valence-corrected chi connectivity index (χ1v) is 19.9. The van der Waals surface area contributed by atoms with Gasteiger partial charge in [0.2, 0.25) is 0 Å². The molecule has 0 N–H and O–H groups in total. The van der Waals surface area contributed by atoms with Crippen molar-refractivity contribution in [1.29, 1.82) is 0 Å². The average molecular weight is 725 g/mol. The molecule has 4 aromatic rings. The summed E-state index contributed by atoms with van der Waals surface area (Å²) in [5, 5.41) is 0. The largest absolute Gasteiger partial charge is 0.251 e. The molecule has 0 radical (unpaired) electrons. The van der Waals surface area contributed by atoms with Gasteiger partial charge in [-0.05, 0) is 137 Å². The van der Waals surface area contributed by atoms with Gasteiger partial charge < -0.3 is 0 Å². The topological polar surface area (TPSA) is 49.4 Å². The quantitative estimate of drug-likeness (QED) is 0.146. The minimum Gasteiger partial charge on any atom is -0.251 e. The Bertz CT molecular complexity index is 1820. The van der Waals surface area contributed by atoms with Crippen molar-refractivity contribution in [3.05, 3.63) is 116 Å². The van der Waals surface area contributed by atoms with E-state index in [2.05, 4.69) is 171 Å². The first-order valence-electron chi connectivity index (χ1n) is 19.9. The summed E-state index contributed by atoms with van der Waals surface area (Å²) in [5.41, 5.74) is 20.9. The molecule has 4 heteroatoms. The SMILES string of the molecule is CC(=Nc1c(C(C)C)cccc1C(C)C)C(C)=Nc1c(C(C)C)cccc1C(C)C.CC(=Nc1c(C)cc(C)cc1C)C(C)=Nc1c(C)cc(C)cc1C. The maximum absolute atomic E-state index is 5.13. The molecular weight excluding hydrogens is 657 g/mol. The molecule has 0 amide bonds. The Kier molecular flexibility index (Phi) is 15.7. The molecule has 0 spiro atoms. The van der Waals surface area contributed by atoms with E-state index in [-0.39, 0.29) is 0 Å². The summed E-state index contributed by atoms with van der Waals surface area (Å²) in [7, 11) is 0. The number of rotatable bonds is 10. The van der Waals surface area contributed by atoms with E-state index in [9.17, 15) is 0 Å². The number of hydrogen-bond donors (Lipinski definition) is 0. The molecule has 0 aliphatic carbocycles. The van der Waals surface area contributed by atoms with Crippen LogP contribution in [0, 0.1) is 41.5 Å². The highest BCUT2D eigenvalue weighted by atomic mass is 14.8. The van der Waals surface area contributed by atoms with Crippen molar-refractivity contribution >= 4 is 45.6 Å². The molecule has 0 atom stereocenters. The molecule has 0 unspecified atom stereocenters. The second-order valence-electron chi connectivity index (χ2n) is 16.5. The lowest BCUT2D eigenvalue weighted by Gasteiger charge is -2.18. The van der Waals surface area contributed by atoms with Crippen LogP contribution in [0.1, 0.15) is 162 Å². The summed E-state index contributed by atoms with van der Waals surface area (Å²) < 4.78 is 0. The van der Waals surface area contributed by atoms with Crippen LogP contribution in [0.2, 0.25) is 0 Å². The van der Waals surface area contributed by atoms with Crippen LogP contribution in [0.4, 0.5) is 22.7 Å². The van der Waals surface area contributed by atoms with Gasteiger partial charge in [0.25, 0.3) is 0 Å². The van der Waals surface area contributed by atoms with Crippen molar-refractivity contribution in [3.8, 4) is 0 Å². The second kappa shape index (κ2) is 19.2. The van der Waals surface area contributed by atoms with Crippen molar-refractivity contribution in [2.45, 2.75) is 148 Å². The zero-order chi connectivity index (χ0) is 40.6. The maximum atomic E-state index is 5.13. The number of nitrogens with zero attached hydrogens (tertiary/aromatic N) is 4. The first-order chi connectivity index (χ1) is 25.2. The smallest absolute Gasteiger partial charge is 0.0702 e. The molecule has 54 heavy (non-hydrogen) atoms. The minimum absolute atomic E-state index is 0.432. The Morgan fingerprint density at radius 1 is 0.352 bits per heavy atom. The van der Waals surface area contributed by atoms with E-state index in [1.165, 1.54) is 55.6 Å². The van der Waals surface area contributed by atoms with Gasteiger partial charge in [-0.25, -0.2) is 0 Å². The van der Waals surface area contributed by atoms with Crippen LogP contribution in [-0.4, -0.2) is 22.8 Å². The molecule has 0 bridgehead atoms. The average Bonchev–Trinajstić information content (AvgIpc) is 3.07. The predicted octanol–water partition coefficient (Wildman–Crippen LogP) is 15.5. The van der Waals surface area contributed by atoms with E-state index >= 15 is 0 Å². The fourth-order valence-electron chi connectivity index (χ4n) is 6.97. The molecule has 0 aromatic heterocycles. The highest BCUT2D eigenvalue weighted by Gasteiger charge is 2.16. The van der Waals surface area contributed by atoms with Crippen molar-refractivity contribution in [3.63, 3.8) is 0 Å². The third-order valence-electron chi connectivity index (χ3n) is 10.1. The van der Waals surface area contributed by atoms with Gasteiger partial charge in [-0.15, -0.1) is 0 Å². The zero-order valence-corrected chi connectivity index (χ0v) is 36.9. The molecule has 0 heterocycles. The second-order valence-corrected chi connectivity index (χ2v) is 16.5. The van der Waals surface area contributed by atoms with Crippen molar-refractivity contribution in [1.82, 2.24) is 0 Å². The lowest BCUT2D eigenvalue weighted by Crippen LogP contribution is -2.07. The number of benzene rings is 4. The zero-order valence-electron chi connectivity index (χ0n) is 36.9. The molecule has 0 fully saturated rings. The molecule has 0 saturated carbocycles. The Hall–Kier alpha value is -4.44. The van der Waals surface area contributed by atoms with Crippen molar-refractivity contribution in [2.24, 2.45) is 20.0 Å². The Labute approximate surface area is 329 Å². The predicted molar refractivity (Wildman–Crippen MR) is 242 cm³/mol. The number of aryl methyl sites for hydroxylation is 6. The monoisotopic (exact) mass is 725 g/mol. The fourth-order valence-corrected chi connectivity index (χ4v) is 6.97. The molecular formula is C50H68N4. The van der Waals surface area contributed by atoms with Crippen LogP contribution in [0.15, 0.2) is 80.6 Å². The van der Waals surface area contributed by atoms with Gasteiger partial charge in [-0.2, -0.15) is 0 Å². The van der Waals surface area contributed by atoms with Crippen molar-refractivity contribution in [2.75, 3.05) is 0 Å². The van der Waals surface area contributed by atoms with E-state index in [4.69, 9.17) is 20.0 Å². The van der Waals surface area contributed by atoms with E-state index in [1.807, 2.05) is 13.8 Å². The van der Waals surface area contributed by atoms with Gasteiger partial charge in [0.05, 0.1) is 45.6 Å². The van der Waals surface area contributed by atoms with Crippen LogP contribution < -0.4 is 0 Å². The lowest BCUT2D eigenvalue weighted by atomic mass is 9.92. The Morgan fingerprint density at radius 3 is 0.759 bits per heavy atom. The maximum Gasteiger partial charge on any atom is 0.0702 e. The van der Waals surface area contributed by atoms with Crippen LogP contribution in [0.25, 0.3) is 0 Å². The summed E-state index contributed by atoms with van der Waals surface area (Å²) in [6.07, 6.45) is 0. The summed E-state index contributed by atoms with van der Waals surface area (Å²) >= 11 is 0. The fraction of sp³-hybridized carbons (Fsp3) is 0.440. The molecule has 0 aliphatic heterocycles. The van der Waals surface area contributed by atoms with Gasteiger partial charge in [-0.3, -0.25) is 20.0 Å². The van der Waals surface area contributed by atoms with E-state index in [0.29, 0.717) is 23.7 Å². The van der Waals surface area contributed by atoms with E-state index in [0.717, 1.165) is 45.6 Å². The minimum atomic E-state index is 0.432. The molecule has 288 valence electrons. The standard InChI is InChI=1S/C28H40N2.C22H28N2/c1-17(2)23-13-11-14-24(18(3)4)27(23)29-21(9)22(10)30-28-25(19(5)6)15-12-16-26(28)20(7)8;1-13-9-15(3)21(16(4)10-13)23-19(7)20(8)24-22-17(5)11-14(2)12-18(22)6/h11-20H,1-10H3;9-12H,1-8H3. The number of para-hydroxylation sites is 2. The van der Waals surface area contributed by atoms with Crippen LogP contribution in [0.3, 0.4) is 0 Å². The number of aliphatic imine (C=N–C) groups is 4. The van der Waals surface area contributed by atoms with Gasteiger partial charge >= 0.3 is 0 Å². The normalized spacial score (nSPS) is 13.0. The van der Waals surface area contributed by atoms with Crippen molar-refractivity contribution < 1.29 is 0 Å². The van der Waals surface area contributed by atoms with Gasteiger partial charge in [-0.1, -0.05) is 127 Å². The summed E-state index contributed by atoms with van der Waals surface area (Å²) in [4.78, 5) is 20.0. The highest BCUT2D eigenvalue weighted by molar-refractivity contribution is 6.42. The first kappa shape index (κ1) is 44.0. The lowest BCUT2D eigenvalue weighted by molar-refractivity contribution is 0.834. The highest BCUT2D eigenvalue weighted by Crippen LogP contribution is 2.37. The van der Waals surface area contributed by atoms with Gasteiger partial charge in [0.15, 0.2) is 0 Å². The molecule has 4 nitrogen and oxygen atoms in total. The molecule has 4 rings (SSSR count). The van der Waals surface area contributed by atoms with E-state index < -0.39 is 0 Å². The molecule has 0 saturated heterocycles. The summed E-state index contributed by atoms with van der Waals surface area (Å²) in [5.74, 6) is 1.73. The third kappa shape index (κ3) is 11.3. The number of hydrogen-bond acceptors (Lipinski definition) is 4. The van der Waals surface area contributed by atoms with Gasteiger partial charge in [0, 0.05) is 0 Å². The van der Waals surface area contributed by atoms with Crippen LogP contribution in [0.5, 0.6) is 0 Å². The van der Waals surface area contributed by atoms with Gasteiger partial charge in [0.1, 0.15) is 0 Å². The van der Waals surface area contributed by atoms with Crippen LogP contribution >= 0.6 is 0 Å². The third-order valence-corrected chi connectivity index (χ3v) is 10.1. The Balaban J connectivity index is 0.000000297. The summed E-state index contributed by atoms with van der Waals surface area (Å²) in [6, 6.07) is 21.9. The Morgan fingerprint density at radius 2 is 0.556 bits per heavy atom. The van der Waals surface area contributed by atoms with E-state index in [1.54, 1.807) is 0 Å². The molecule has 0 aliphatic rings.